The number of hydrogen-bond donors (Lipinski definition) is 3. The summed E-state index contributed by atoms with van der Waals surface area (Å²) in [5.41, 5.74) is 7.17. The molecule has 0 bridgehead atoms. The second kappa shape index (κ2) is 10.2. The molecule has 0 radical (unpaired) electrons. The van der Waals surface area contributed by atoms with E-state index < -0.39 is 0 Å². The largest absolute Gasteiger partial charge is 0.495 e. The van der Waals surface area contributed by atoms with Crippen LogP contribution in [0.2, 0.25) is 0 Å². The van der Waals surface area contributed by atoms with Crippen LogP contribution in [-0.4, -0.2) is 45.2 Å². The van der Waals surface area contributed by atoms with Crippen LogP contribution in [0.5, 0.6) is 17.2 Å². The van der Waals surface area contributed by atoms with Gasteiger partial charge in [0.1, 0.15) is 5.75 Å². The third-order valence-electron chi connectivity index (χ3n) is 5.46. The summed E-state index contributed by atoms with van der Waals surface area (Å²) >= 11 is 0. The minimum absolute atomic E-state index is 0.110. The lowest BCUT2D eigenvalue weighted by Crippen LogP contribution is -2.40. The first-order valence-corrected chi connectivity index (χ1v) is 10.2. The third-order valence-corrected chi connectivity index (χ3v) is 5.46. The summed E-state index contributed by atoms with van der Waals surface area (Å²) < 4.78 is 15.8. The number of ether oxygens (including phenoxy) is 3. The Morgan fingerprint density at radius 2 is 1.39 bits per heavy atom. The van der Waals surface area contributed by atoms with E-state index in [-0.39, 0.29) is 23.9 Å². The highest BCUT2D eigenvalue weighted by Crippen LogP contribution is 2.30. The van der Waals surface area contributed by atoms with Crippen molar-refractivity contribution in [2.45, 2.75) is 37.8 Å². The summed E-state index contributed by atoms with van der Waals surface area (Å²) in [4.78, 5) is 25.5. The number of methoxy groups -OCH3 is 3. The molecule has 2 amide bonds. The molecule has 0 heterocycles. The fourth-order valence-electron chi connectivity index (χ4n) is 3.65. The summed E-state index contributed by atoms with van der Waals surface area (Å²) in [5, 5.41) is 5.87. The van der Waals surface area contributed by atoms with Crippen LogP contribution in [0.25, 0.3) is 0 Å². The van der Waals surface area contributed by atoms with Gasteiger partial charge in [-0.2, -0.15) is 0 Å². The highest BCUT2D eigenvalue weighted by molar-refractivity contribution is 6.06. The van der Waals surface area contributed by atoms with E-state index in [4.69, 9.17) is 19.9 Å². The van der Waals surface area contributed by atoms with Crippen molar-refractivity contribution in [3.8, 4) is 17.2 Å². The topological polar surface area (TPSA) is 112 Å². The van der Waals surface area contributed by atoms with Crippen molar-refractivity contribution < 1.29 is 23.8 Å². The standard InChI is InChI=1S/C23H29N3O5/c1-29-19-10-4-14(22(27)25-17-8-6-16(24)7-9-17)12-18(19)26-23(28)15-5-11-20(30-2)21(13-15)31-3/h4-5,10-13,16-17H,6-9,24H2,1-3H3,(H,25,27)(H,26,28). The van der Waals surface area contributed by atoms with E-state index in [2.05, 4.69) is 10.6 Å². The van der Waals surface area contributed by atoms with Crippen molar-refractivity contribution in [2.75, 3.05) is 26.6 Å². The Labute approximate surface area is 182 Å². The monoisotopic (exact) mass is 427 g/mol. The molecule has 0 unspecified atom stereocenters. The third kappa shape index (κ3) is 5.46. The van der Waals surface area contributed by atoms with Gasteiger partial charge < -0.3 is 30.6 Å². The smallest absolute Gasteiger partial charge is 0.255 e. The molecular weight excluding hydrogens is 398 g/mol. The molecular formula is C23H29N3O5. The predicted octanol–water partition coefficient (Wildman–Crippen LogP) is 2.96. The Balaban J connectivity index is 1.76. The molecule has 1 aliphatic carbocycles. The van der Waals surface area contributed by atoms with Crippen molar-refractivity contribution in [1.29, 1.82) is 0 Å². The Morgan fingerprint density at radius 1 is 0.806 bits per heavy atom. The molecule has 31 heavy (non-hydrogen) atoms. The van der Waals surface area contributed by atoms with Gasteiger partial charge in [-0.25, -0.2) is 0 Å². The summed E-state index contributed by atoms with van der Waals surface area (Å²) in [6.07, 6.45) is 3.54. The van der Waals surface area contributed by atoms with Gasteiger partial charge in [0.2, 0.25) is 0 Å². The van der Waals surface area contributed by atoms with Gasteiger partial charge in [0.05, 0.1) is 27.0 Å². The number of carbonyl (C=O) groups excluding carboxylic acids is 2. The maximum absolute atomic E-state index is 12.8. The fraction of sp³-hybridized carbons (Fsp3) is 0.391. The number of nitrogens with one attached hydrogen (secondary N) is 2. The van der Waals surface area contributed by atoms with Gasteiger partial charge in [-0.3, -0.25) is 9.59 Å². The predicted molar refractivity (Wildman–Crippen MR) is 118 cm³/mol. The molecule has 1 fully saturated rings. The summed E-state index contributed by atoms with van der Waals surface area (Å²) in [5.74, 6) is 0.873. The van der Waals surface area contributed by atoms with E-state index in [9.17, 15) is 9.59 Å². The van der Waals surface area contributed by atoms with Crippen molar-refractivity contribution in [3.63, 3.8) is 0 Å². The zero-order chi connectivity index (χ0) is 22.4. The maximum atomic E-state index is 12.8. The van der Waals surface area contributed by atoms with Crippen molar-refractivity contribution in [3.05, 3.63) is 47.5 Å². The average Bonchev–Trinajstić information content (AvgIpc) is 2.79. The molecule has 3 rings (SSSR count). The molecule has 8 heteroatoms. The second-order valence-electron chi connectivity index (χ2n) is 7.52. The first kappa shape index (κ1) is 22.4. The van der Waals surface area contributed by atoms with Gasteiger partial charge in [-0.15, -0.1) is 0 Å². The van der Waals surface area contributed by atoms with E-state index >= 15 is 0 Å². The Morgan fingerprint density at radius 3 is 2.00 bits per heavy atom. The lowest BCUT2D eigenvalue weighted by atomic mass is 9.91. The molecule has 0 atom stereocenters. The van der Waals surface area contributed by atoms with Gasteiger partial charge in [0.15, 0.2) is 11.5 Å². The molecule has 8 nitrogen and oxygen atoms in total. The van der Waals surface area contributed by atoms with E-state index in [0.717, 1.165) is 25.7 Å². The fourth-order valence-corrected chi connectivity index (χ4v) is 3.65. The lowest BCUT2D eigenvalue weighted by molar-refractivity contribution is 0.0924. The normalized spacial score (nSPS) is 18.1. The molecule has 0 aliphatic heterocycles. The molecule has 0 aromatic heterocycles. The van der Waals surface area contributed by atoms with E-state index in [1.54, 1.807) is 36.4 Å². The number of hydrogen-bond acceptors (Lipinski definition) is 6. The van der Waals surface area contributed by atoms with Crippen LogP contribution in [0.3, 0.4) is 0 Å². The van der Waals surface area contributed by atoms with Gasteiger partial charge in [-0.05, 0) is 62.1 Å². The number of rotatable bonds is 7. The van der Waals surface area contributed by atoms with E-state index in [0.29, 0.717) is 34.1 Å². The van der Waals surface area contributed by atoms with Crippen LogP contribution in [0, 0.1) is 0 Å². The van der Waals surface area contributed by atoms with E-state index in [1.807, 2.05) is 0 Å². The molecule has 2 aromatic carbocycles. The molecule has 166 valence electrons. The number of amides is 2. The first-order chi connectivity index (χ1) is 14.9. The minimum atomic E-state index is -0.363. The highest BCUT2D eigenvalue weighted by atomic mass is 16.5. The van der Waals surface area contributed by atoms with Crippen LogP contribution in [0.4, 0.5) is 5.69 Å². The van der Waals surface area contributed by atoms with Crippen LogP contribution < -0.4 is 30.6 Å². The first-order valence-electron chi connectivity index (χ1n) is 10.2. The lowest BCUT2D eigenvalue weighted by Gasteiger charge is -2.26. The molecule has 0 spiro atoms. The average molecular weight is 428 g/mol. The molecule has 1 saturated carbocycles. The molecule has 4 N–H and O–H groups in total. The van der Waals surface area contributed by atoms with Gasteiger partial charge in [0.25, 0.3) is 11.8 Å². The SMILES string of the molecule is COc1ccc(C(=O)NC2CCC(N)CC2)cc1NC(=O)c1ccc(OC)c(OC)c1. The number of anilines is 1. The van der Waals surface area contributed by atoms with Crippen LogP contribution in [0.15, 0.2) is 36.4 Å². The van der Waals surface area contributed by atoms with E-state index in [1.165, 1.54) is 21.3 Å². The van der Waals surface area contributed by atoms with Gasteiger partial charge >= 0.3 is 0 Å². The summed E-state index contributed by atoms with van der Waals surface area (Å²) in [6.45, 7) is 0. The Kier molecular flexibility index (Phi) is 7.36. The van der Waals surface area contributed by atoms with Crippen LogP contribution in [-0.2, 0) is 0 Å². The van der Waals surface area contributed by atoms with Gasteiger partial charge in [-0.1, -0.05) is 0 Å². The quantitative estimate of drug-likeness (QED) is 0.626. The Bertz CT molecular complexity index is 939. The second-order valence-corrected chi connectivity index (χ2v) is 7.52. The Hall–Kier alpha value is -3.26. The van der Waals surface area contributed by atoms with Crippen molar-refractivity contribution in [1.82, 2.24) is 5.32 Å². The number of carbonyl (C=O) groups is 2. The maximum Gasteiger partial charge on any atom is 0.255 e. The van der Waals surface area contributed by atoms with Crippen molar-refractivity contribution >= 4 is 17.5 Å². The summed E-state index contributed by atoms with van der Waals surface area (Å²) in [6, 6.07) is 10.2. The van der Waals surface area contributed by atoms with Gasteiger partial charge in [0, 0.05) is 23.2 Å². The minimum Gasteiger partial charge on any atom is -0.495 e. The zero-order valence-corrected chi connectivity index (χ0v) is 18.1. The summed E-state index contributed by atoms with van der Waals surface area (Å²) in [7, 11) is 4.54. The molecule has 1 aliphatic rings. The van der Waals surface area contributed by atoms with Crippen LogP contribution in [0.1, 0.15) is 46.4 Å². The van der Waals surface area contributed by atoms with Crippen molar-refractivity contribution in [2.24, 2.45) is 5.73 Å². The zero-order valence-electron chi connectivity index (χ0n) is 18.1. The molecule has 0 saturated heterocycles. The number of benzene rings is 2. The molecule has 2 aromatic rings. The number of nitrogens with two attached hydrogens (primary N) is 1. The van der Waals surface area contributed by atoms with Crippen LogP contribution >= 0.6 is 0 Å². The highest BCUT2D eigenvalue weighted by Gasteiger charge is 2.21.